The summed E-state index contributed by atoms with van der Waals surface area (Å²) in [6, 6.07) is 13.2. The molecule has 2 fully saturated rings. The van der Waals surface area contributed by atoms with Crippen LogP contribution in [0.3, 0.4) is 0 Å². The topological polar surface area (TPSA) is 89.9 Å². The van der Waals surface area contributed by atoms with Crippen molar-refractivity contribution in [3.8, 4) is 22.6 Å². The van der Waals surface area contributed by atoms with Gasteiger partial charge in [-0.1, -0.05) is 65.8 Å². The molecule has 0 spiro atoms. The summed E-state index contributed by atoms with van der Waals surface area (Å²) in [6.45, 7) is 8.60. The molecule has 0 aromatic heterocycles. The fourth-order valence-electron chi connectivity index (χ4n) is 11.2. The van der Waals surface area contributed by atoms with Gasteiger partial charge >= 0.3 is 5.97 Å². The molecule has 0 bridgehead atoms. The van der Waals surface area contributed by atoms with Crippen molar-refractivity contribution in [2.45, 2.75) is 145 Å². The van der Waals surface area contributed by atoms with Gasteiger partial charge in [0.15, 0.2) is 22.7 Å². The average molecular weight is 923 g/mol. The first-order chi connectivity index (χ1) is 29.4. The van der Waals surface area contributed by atoms with Gasteiger partial charge in [-0.05, 0) is 121 Å². The second kappa shape index (κ2) is 17.4. The molecule has 10 atom stereocenters. The van der Waals surface area contributed by atoms with Crippen molar-refractivity contribution < 1.29 is 54.1 Å². The fourth-order valence-corrected chi connectivity index (χ4v) is 13.2. The summed E-state index contributed by atoms with van der Waals surface area (Å²) in [5.74, 6) is -4.08. The van der Waals surface area contributed by atoms with Crippen LogP contribution in [0.25, 0.3) is 11.1 Å². The van der Waals surface area contributed by atoms with E-state index >= 15 is 26.3 Å². The average Bonchev–Trinajstić information content (AvgIpc) is 3.79. The first-order valence-electron chi connectivity index (χ1n) is 22.2. The molecule has 9 unspecified atom stereocenters. The first-order valence-corrected chi connectivity index (χ1v) is 25.3. The van der Waals surface area contributed by atoms with Gasteiger partial charge in [0.2, 0.25) is 0 Å². The van der Waals surface area contributed by atoms with E-state index in [0.29, 0.717) is 35.5 Å². The van der Waals surface area contributed by atoms with Crippen LogP contribution < -0.4 is 9.47 Å². The molecular weight excluding hydrogens is 863 g/mol. The molecule has 346 valence electrons. The SMILES string of the molecule is CC1CC(F)C(F)(C(C)C)C(F)(c2cc(OCCCS(C)(=O)=O)cc(C3(F)CC(C)CC(F)C3(F)C(C)C)c2-c2cccc3c2CCC3Oc2ccc3c(c2)SC[C@H]3CC(=O)O)C1. The largest absolute Gasteiger partial charge is 0.494 e. The lowest BCUT2D eigenvalue weighted by atomic mass is 9.58. The minimum atomic E-state index is -3.42. The lowest BCUT2D eigenvalue weighted by molar-refractivity contribution is -0.165. The lowest BCUT2D eigenvalue weighted by Gasteiger charge is -2.52. The molecule has 14 heteroatoms. The van der Waals surface area contributed by atoms with Gasteiger partial charge < -0.3 is 14.6 Å². The third kappa shape index (κ3) is 8.39. The normalized spacial score (nSPS) is 33.1. The molecule has 0 amide bonds. The highest BCUT2D eigenvalue weighted by atomic mass is 32.2. The highest BCUT2D eigenvalue weighted by Gasteiger charge is 2.68. The highest BCUT2D eigenvalue weighted by Crippen LogP contribution is 2.63. The number of benzene rings is 3. The van der Waals surface area contributed by atoms with Gasteiger partial charge in [0, 0.05) is 33.9 Å². The predicted octanol–water partition coefficient (Wildman–Crippen LogP) is 12.5. The molecule has 6 nitrogen and oxygen atoms in total. The predicted molar refractivity (Wildman–Crippen MR) is 235 cm³/mol. The number of thioether (sulfide) groups is 1. The zero-order valence-corrected chi connectivity index (χ0v) is 38.7. The summed E-state index contributed by atoms with van der Waals surface area (Å²) in [5, 5.41) is 9.41. The molecule has 0 saturated heterocycles. The van der Waals surface area contributed by atoms with E-state index in [1.165, 1.54) is 39.8 Å². The Balaban J connectivity index is 1.46. The second-order valence-corrected chi connectivity index (χ2v) is 22.8. The maximum atomic E-state index is 19.0. The Hall–Kier alpha value is -3.39. The number of ether oxygens (including phenoxy) is 2. The number of hydrogen-bond donors (Lipinski definition) is 1. The summed E-state index contributed by atoms with van der Waals surface area (Å²) >= 11 is 1.55. The van der Waals surface area contributed by atoms with Gasteiger partial charge in [-0.25, -0.2) is 34.8 Å². The first kappa shape index (κ1) is 47.6. The number of carboxylic acids is 1. The van der Waals surface area contributed by atoms with Crippen molar-refractivity contribution in [3.05, 3.63) is 76.3 Å². The third-order valence-electron chi connectivity index (χ3n) is 14.2. The van der Waals surface area contributed by atoms with Crippen LogP contribution in [0.1, 0.15) is 126 Å². The van der Waals surface area contributed by atoms with Crippen molar-refractivity contribution in [2.75, 3.05) is 24.4 Å². The van der Waals surface area contributed by atoms with Crippen molar-refractivity contribution in [3.63, 3.8) is 0 Å². The van der Waals surface area contributed by atoms with Crippen LogP contribution in [-0.2, 0) is 32.4 Å². The van der Waals surface area contributed by atoms with E-state index in [1.54, 1.807) is 43.8 Å². The Morgan fingerprint density at radius 1 is 0.857 bits per heavy atom. The number of carbonyl (C=O) groups is 1. The van der Waals surface area contributed by atoms with Crippen LogP contribution in [-0.4, -0.2) is 67.5 Å². The van der Waals surface area contributed by atoms with E-state index in [1.807, 2.05) is 18.2 Å². The number of fused-ring (bicyclic) bond motifs is 2. The monoisotopic (exact) mass is 922 g/mol. The van der Waals surface area contributed by atoms with Gasteiger partial charge in [-0.2, -0.15) is 0 Å². The molecule has 3 aliphatic carbocycles. The Bertz CT molecular complexity index is 2260. The van der Waals surface area contributed by atoms with Crippen LogP contribution in [0.15, 0.2) is 53.4 Å². The Morgan fingerprint density at radius 3 is 1.98 bits per heavy atom. The zero-order chi connectivity index (χ0) is 46.0. The molecule has 1 N–H and O–H groups in total. The van der Waals surface area contributed by atoms with Crippen LogP contribution >= 0.6 is 11.8 Å². The van der Waals surface area contributed by atoms with E-state index in [-0.39, 0.29) is 60.8 Å². The van der Waals surface area contributed by atoms with Crippen LogP contribution in [0.4, 0.5) is 26.3 Å². The second-order valence-electron chi connectivity index (χ2n) is 19.5. The smallest absolute Gasteiger partial charge is 0.303 e. The maximum Gasteiger partial charge on any atom is 0.303 e. The molecule has 4 aliphatic rings. The van der Waals surface area contributed by atoms with Crippen LogP contribution in [0, 0.1) is 23.7 Å². The summed E-state index contributed by atoms with van der Waals surface area (Å²) in [4.78, 5) is 12.4. The minimum absolute atomic E-state index is 0.00253. The highest BCUT2D eigenvalue weighted by molar-refractivity contribution is 7.99. The Labute approximate surface area is 372 Å². The zero-order valence-electron chi connectivity index (χ0n) is 37.1. The minimum Gasteiger partial charge on any atom is -0.494 e. The molecule has 1 heterocycles. The van der Waals surface area contributed by atoms with E-state index in [0.717, 1.165) is 16.7 Å². The van der Waals surface area contributed by atoms with Crippen molar-refractivity contribution in [2.24, 2.45) is 23.7 Å². The summed E-state index contributed by atoms with van der Waals surface area (Å²) in [6.07, 6.45) is -4.79. The van der Waals surface area contributed by atoms with Crippen LogP contribution in [0.2, 0.25) is 0 Å². The number of aliphatic carboxylic acids is 1. The molecule has 0 radical (unpaired) electrons. The molecule has 2 saturated carbocycles. The molecule has 63 heavy (non-hydrogen) atoms. The quantitative estimate of drug-likeness (QED) is 0.127. The molecule has 3 aromatic carbocycles. The Kier molecular flexibility index (Phi) is 13.2. The van der Waals surface area contributed by atoms with Crippen molar-refractivity contribution in [1.29, 1.82) is 0 Å². The number of rotatable bonds is 14. The standard InChI is InChI=1S/C49H60F6O6S2/c1-27(2)48(54)42(50)18-29(5)24-46(48,52)38-21-33(60-16-9-17-63(7,58)59)22-39(47(53)25-30(6)19-43(51)49(47,55)28(3)4)45(38)37-11-8-10-36-35(37)14-15-40(36)61-32-12-13-34-31(20-44(56)57)26-62-41(34)23-32/h8,10-13,21-23,27-31,40,42-43H,9,14-20,24-26H2,1-7H3,(H,56,57)/t29?,30?,31-,40?,42?,43?,46?,47?,48?,49?/m1/s1. The number of halogens is 6. The van der Waals surface area contributed by atoms with Crippen LogP contribution in [0.5, 0.6) is 11.5 Å². The molecule has 3 aromatic rings. The van der Waals surface area contributed by atoms with Crippen molar-refractivity contribution in [1.82, 2.24) is 0 Å². The Morgan fingerprint density at radius 2 is 1.44 bits per heavy atom. The number of alkyl halides is 6. The lowest BCUT2D eigenvalue weighted by Crippen LogP contribution is -2.61. The van der Waals surface area contributed by atoms with Crippen molar-refractivity contribution >= 4 is 27.6 Å². The fraction of sp³-hybridized carbons (Fsp3) is 0.612. The maximum absolute atomic E-state index is 19.0. The van der Waals surface area contributed by atoms with E-state index < -0.39 is 105 Å². The van der Waals surface area contributed by atoms with E-state index in [4.69, 9.17) is 9.47 Å². The number of hydrogen-bond acceptors (Lipinski definition) is 6. The van der Waals surface area contributed by atoms with Gasteiger partial charge in [0.25, 0.3) is 0 Å². The summed E-state index contributed by atoms with van der Waals surface area (Å²) in [5.41, 5.74) is -11.1. The molecular formula is C49H60F6O6S2. The molecule has 7 rings (SSSR count). The number of carboxylic acid groups (broad SMARTS) is 1. The van der Waals surface area contributed by atoms with E-state index in [2.05, 4.69) is 0 Å². The summed E-state index contributed by atoms with van der Waals surface area (Å²) in [7, 11) is -3.42. The van der Waals surface area contributed by atoms with Gasteiger partial charge in [-0.3, -0.25) is 4.79 Å². The van der Waals surface area contributed by atoms with Gasteiger partial charge in [0.05, 0.1) is 18.8 Å². The van der Waals surface area contributed by atoms with E-state index in [9.17, 15) is 18.3 Å². The van der Waals surface area contributed by atoms with Gasteiger partial charge in [0.1, 0.15) is 39.8 Å². The number of sulfone groups is 1. The van der Waals surface area contributed by atoms with Gasteiger partial charge in [-0.15, -0.1) is 11.8 Å². The molecule has 1 aliphatic heterocycles. The third-order valence-corrected chi connectivity index (χ3v) is 16.5. The summed E-state index contributed by atoms with van der Waals surface area (Å²) < 4.78 is 144.